The van der Waals surface area contributed by atoms with E-state index in [1.54, 1.807) is 12.1 Å². The number of hydrogen-bond acceptors (Lipinski definition) is 7. The minimum Gasteiger partial charge on any atom is -0.493 e. The van der Waals surface area contributed by atoms with E-state index in [1.807, 2.05) is 30.5 Å². The number of ether oxygens (including phenoxy) is 3. The Morgan fingerprint density at radius 3 is 2.15 bits per heavy atom. The van der Waals surface area contributed by atoms with Gasteiger partial charge >= 0.3 is 0 Å². The number of pyridine rings is 1. The Bertz CT molecular complexity index is 1070. The normalized spacial score (nSPS) is 13.9. The van der Waals surface area contributed by atoms with Crippen molar-refractivity contribution in [2.75, 3.05) is 57.7 Å². The predicted molar refractivity (Wildman–Crippen MR) is 132 cm³/mol. The molecule has 0 unspecified atom stereocenters. The molecule has 3 aromatic rings. The molecule has 1 N–H and O–H groups in total. The number of piperazine rings is 1. The van der Waals surface area contributed by atoms with Gasteiger partial charge in [0.15, 0.2) is 11.5 Å². The summed E-state index contributed by atoms with van der Waals surface area (Å²) >= 11 is 0. The van der Waals surface area contributed by atoms with E-state index in [0.717, 1.165) is 44.2 Å². The summed E-state index contributed by atoms with van der Waals surface area (Å²) < 4.78 is 16.0. The Labute approximate surface area is 200 Å². The summed E-state index contributed by atoms with van der Waals surface area (Å²) in [7, 11) is 4.58. The summed E-state index contributed by atoms with van der Waals surface area (Å²) in [4.78, 5) is 22.0. The van der Waals surface area contributed by atoms with Gasteiger partial charge in [0.25, 0.3) is 5.91 Å². The molecule has 0 saturated carbocycles. The Morgan fingerprint density at radius 2 is 1.59 bits per heavy atom. The van der Waals surface area contributed by atoms with Crippen LogP contribution in [-0.2, 0) is 6.54 Å². The molecule has 34 heavy (non-hydrogen) atoms. The number of aromatic nitrogens is 1. The van der Waals surface area contributed by atoms with E-state index in [0.29, 0.717) is 22.8 Å². The predicted octanol–water partition coefficient (Wildman–Crippen LogP) is 3.68. The maximum absolute atomic E-state index is 12.8. The summed E-state index contributed by atoms with van der Waals surface area (Å²) in [5.74, 6) is 2.11. The van der Waals surface area contributed by atoms with Crippen LogP contribution in [0.5, 0.6) is 17.2 Å². The lowest BCUT2D eigenvalue weighted by Crippen LogP contribution is -2.46. The van der Waals surface area contributed by atoms with Crippen molar-refractivity contribution in [3.63, 3.8) is 0 Å². The van der Waals surface area contributed by atoms with E-state index in [9.17, 15) is 4.79 Å². The van der Waals surface area contributed by atoms with Crippen LogP contribution in [0.15, 0.2) is 60.8 Å². The highest BCUT2D eigenvalue weighted by Gasteiger charge is 2.19. The van der Waals surface area contributed by atoms with Crippen molar-refractivity contribution in [2.45, 2.75) is 6.54 Å². The maximum atomic E-state index is 12.8. The van der Waals surface area contributed by atoms with Crippen LogP contribution >= 0.6 is 0 Å². The van der Waals surface area contributed by atoms with Crippen molar-refractivity contribution in [1.82, 2.24) is 9.88 Å². The first-order valence-corrected chi connectivity index (χ1v) is 11.2. The number of rotatable bonds is 8. The van der Waals surface area contributed by atoms with Gasteiger partial charge in [-0.05, 0) is 42.0 Å². The number of methoxy groups -OCH3 is 3. The zero-order valence-electron chi connectivity index (χ0n) is 19.8. The molecule has 0 aliphatic carbocycles. The first-order valence-electron chi connectivity index (χ1n) is 11.2. The number of anilines is 2. The Morgan fingerprint density at radius 1 is 0.912 bits per heavy atom. The standard InChI is InChI=1S/C26H30N4O4/c1-32-22-16-20(17-23(33-2)25(22)34-3)26(31)28-21-9-7-19(8-10-21)18-29-12-14-30(15-13-29)24-6-4-5-11-27-24/h4-11,16-17H,12-15,18H2,1-3H3,(H,28,31). The number of benzene rings is 2. The fourth-order valence-electron chi connectivity index (χ4n) is 4.04. The maximum Gasteiger partial charge on any atom is 0.255 e. The van der Waals surface area contributed by atoms with E-state index in [-0.39, 0.29) is 5.91 Å². The highest BCUT2D eigenvalue weighted by Crippen LogP contribution is 2.38. The summed E-state index contributed by atoms with van der Waals surface area (Å²) in [6.45, 7) is 4.75. The van der Waals surface area contributed by atoms with Gasteiger partial charge in [-0.2, -0.15) is 0 Å². The minimum absolute atomic E-state index is 0.252. The molecule has 0 bridgehead atoms. The summed E-state index contributed by atoms with van der Waals surface area (Å²) in [5, 5.41) is 2.94. The third kappa shape index (κ3) is 5.40. The van der Waals surface area contributed by atoms with Gasteiger partial charge in [0.1, 0.15) is 5.82 Å². The van der Waals surface area contributed by atoms with Crippen LogP contribution in [-0.4, -0.2) is 63.3 Å². The van der Waals surface area contributed by atoms with Gasteiger partial charge in [0.2, 0.25) is 5.75 Å². The number of hydrogen-bond donors (Lipinski definition) is 1. The zero-order valence-corrected chi connectivity index (χ0v) is 19.8. The molecule has 8 nitrogen and oxygen atoms in total. The summed E-state index contributed by atoms with van der Waals surface area (Å²) in [6.07, 6.45) is 1.84. The molecule has 1 aromatic heterocycles. The van der Waals surface area contributed by atoms with Crippen LogP contribution in [0.4, 0.5) is 11.5 Å². The van der Waals surface area contributed by atoms with Crippen molar-refractivity contribution >= 4 is 17.4 Å². The second-order valence-corrected chi connectivity index (χ2v) is 8.02. The first kappa shape index (κ1) is 23.4. The minimum atomic E-state index is -0.252. The number of nitrogens with zero attached hydrogens (tertiary/aromatic N) is 3. The molecule has 1 amide bonds. The molecule has 0 radical (unpaired) electrons. The largest absolute Gasteiger partial charge is 0.493 e. The molecular weight excluding hydrogens is 432 g/mol. The molecule has 0 spiro atoms. The van der Waals surface area contributed by atoms with Gasteiger partial charge in [-0.3, -0.25) is 9.69 Å². The average Bonchev–Trinajstić information content (AvgIpc) is 2.89. The average molecular weight is 463 g/mol. The van der Waals surface area contributed by atoms with E-state index in [4.69, 9.17) is 14.2 Å². The molecule has 1 saturated heterocycles. The van der Waals surface area contributed by atoms with E-state index in [1.165, 1.54) is 26.9 Å². The monoisotopic (exact) mass is 462 g/mol. The van der Waals surface area contributed by atoms with Crippen molar-refractivity contribution in [3.05, 3.63) is 71.9 Å². The SMILES string of the molecule is COc1cc(C(=O)Nc2ccc(CN3CCN(c4ccccn4)CC3)cc2)cc(OC)c1OC. The van der Waals surface area contributed by atoms with E-state index < -0.39 is 0 Å². The molecule has 178 valence electrons. The number of nitrogens with one attached hydrogen (secondary N) is 1. The fraction of sp³-hybridized carbons (Fsp3) is 0.308. The Balaban J connectivity index is 1.34. The molecule has 1 aliphatic rings. The highest BCUT2D eigenvalue weighted by atomic mass is 16.5. The molecule has 0 atom stereocenters. The van der Waals surface area contributed by atoms with E-state index in [2.05, 4.69) is 38.3 Å². The lowest BCUT2D eigenvalue weighted by atomic mass is 10.1. The third-order valence-electron chi connectivity index (χ3n) is 5.89. The van der Waals surface area contributed by atoms with Crippen molar-refractivity contribution < 1.29 is 19.0 Å². The second kappa shape index (κ2) is 10.9. The van der Waals surface area contributed by atoms with Gasteiger partial charge in [-0.1, -0.05) is 18.2 Å². The smallest absolute Gasteiger partial charge is 0.255 e. The number of carbonyl (C=O) groups is 1. The first-order chi connectivity index (χ1) is 16.6. The Hall–Kier alpha value is -3.78. The van der Waals surface area contributed by atoms with Gasteiger partial charge < -0.3 is 24.4 Å². The lowest BCUT2D eigenvalue weighted by molar-refractivity contribution is 0.102. The molecule has 1 fully saturated rings. The van der Waals surface area contributed by atoms with Crippen LogP contribution < -0.4 is 24.4 Å². The van der Waals surface area contributed by atoms with Gasteiger partial charge in [-0.15, -0.1) is 0 Å². The summed E-state index contributed by atoms with van der Waals surface area (Å²) in [6, 6.07) is 17.2. The number of carbonyl (C=O) groups excluding carboxylic acids is 1. The third-order valence-corrected chi connectivity index (χ3v) is 5.89. The molecular formula is C26H30N4O4. The van der Waals surface area contributed by atoms with Gasteiger partial charge in [-0.25, -0.2) is 4.98 Å². The van der Waals surface area contributed by atoms with Gasteiger partial charge in [0, 0.05) is 50.2 Å². The van der Waals surface area contributed by atoms with Crippen molar-refractivity contribution in [2.24, 2.45) is 0 Å². The molecule has 8 heteroatoms. The Kier molecular flexibility index (Phi) is 7.49. The lowest BCUT2D eigenvalue weighted by Gasteiger charge is -2.35. The highest BCUT2D eigenvalue weighted by molar-refractivity contribution is 6.05. The molecule has 2 aromatic carbocycles. The fourth-order valence-corrected chi connectivity index (χ4v) is 4.04. The van der Waals surface area contributed by atoms with Crippen LogP contribution in [0.25, 0.3) is 0 Å². The van der Waals surface area contributed by atoms with Crippen LogP contribution in [0, 0.1) is 0 Å². The summed E-state index contributed by atoms with van der Waals surface area (Å²) in [5.41, 5.74) is 2.35. The van der Waals surface area contributed by atoms with Crippen molar-refractivity contribution in [1.29, 1.82) is 0 Å². The van der Waals surface area contributed by atoms with Crippen LogP contribution in [0.2, 0.25) is 0 Å². The van der Waals surface area contributed by atoms with Crippen LogP contribution in [0.1, 0.15) is 15.9 Å². The molecule has 4 rings (SSSR count). The molecule has 1 aliphatic heterocycles. The van der Waals surface area contributed by atoms with Crippen molar-refractivity contribution in [3.8, 4) is 17.2 Å². The zero-order chi connectivity index (χ0) is 23.9. The molecule has 2 heterocycles. The van der Waals surface area contributed by atoms with Crippen LogP contribution in [0.3, 0.4) is 0 Å². The quantitative estimate of drug-likeness (QED) is 0.547. The van der Waals surface area contributed by atoms with E-state index >= 15 is 0 Å². The topological polar surface area (TPSA) is 76.2 Å². The second-order valence-electron chi connectivity index (χ2n) is 8.02. The number of amides is 1. The van der Waals surface area contributed by atoms with Gasteiger partial charge in [0.05, 0.1) is 21.3 Å².